The number of nitrogens with one attached hydrogen (secondary N) is 1. The quantitative estimate of drug-likeness (QED) is 0.165. The van der Waals surface area contributed by atoms with Gasteiger partial charge in [0.2, 0.25) is 0 Å². The molecule has 0 heterocycles. The molecule has 0 saturated heterocycles. The largest absolute Gasteiger partial charge is 0.508 e. The van der Waals surface area contributed by atoms with Gasteiger partial charge in [-0.3, -0.25) is 4.79 Å². The van der Waals surface area contributed by atoms with Gasteiger partial charge in [-0.1, -0.05) is 59.6 Å². The third kappa shape index (κ3) is 7.81. The highest BCUT2D eigenvalue weighted by molar-refractivity contribution is 7.90. The zero-order chi connectivity index (χ0) is 32.2. The molecule has 4 N–H and O–H groups in total. The van der Waals surface area contributed by atoms with Crippen LogP contribution in [0.3, 0.4) is 0 Å². The Labute approximate surface area is 264 Å². The Bertz CT molecular complexity index is 1820. The summed E-state index contributed by atoms with van der Waals surface area (Å²) in [5.74, 6) is -2.32. The monoisotopic (exact) mass is 675 g/mol. The van der Waals surface area contributed by atoms with E-state index in [1.54, 1.807) is 30.3 Å². The Morgan fingerprint density at radius 1 is 0.841 bits per heavy atom. The van der Waals surface area contributed by atoms with Crippen molar-refractivity contribution in [3.63, 3.8) is 0 Å². The van der Waals surface area contributed by atoms with E-state index in [0.29, 0.717) is 21.7 Å². The molecule has 0 bridgehead atoms. The number of rotatable bonds is 11. The molecular formula is C31H28Cl2NO8PS. The van der Waals surface area contributed by atoms with Gasteiger partial charge in [0.05, 0.1) is 20.5 Å². The molecule has 13 heteroatoms. The molecular weight excluding hydrogens is 648 g/mol. The van der Waals surface area contributed by atoms with Gasteiger partial charge in [0, 0.05) is 29.4 Å². The fourth-order valence-electron chi connectivity index (χ4n) is 4.69. The number of hydrogen-bond acceptors (Lipinski definition) is 7. The number of carboxylic acids is 1. The fourth-order valence-corrected chi connectivity index (χ4v) is 8.80. The number of aromatic hydroxyl groups is 2. The van der Waals surface area contributed by atoms with E-state index in [4.69, 9.17) is 23.2 Å². The molecule has 1 atom stereocenters. The maximum atomic E-state index is 14.4. The summed E-state index contributed by atoms with van der Waals surface area (Å²) in [5, 5.41) is 32.9. The predicted octanol–water partition coefficient (Wildman–Crippen LogP) is 4.79. The molecule has 230 valence electrons. The second-order valence-corrected chi connectivity index (χ2v) is 16.0. The van der Waals surface area contributed by atoms with Gasteiger partial charge < -0.3 is 25.2 Å². The smallest absolute Gasteiger partial charge is 0.326 e. The van der Waals surface area contributed by atoms with Gasteiger partial charge in [0.15, 0.2) is 9.84 Å². The molecule has 4 rings (SSSR count). The summed E-state index contributed by atoms with van der Waals surface area (Å²) in [4.78, 5) is 25.1. The predicted molar refractivity (Wildman–Crippen MR) is 170 cm³/mol. The third-order valence-electron chi connectivity index (χ3n) is 6.91. The molecule has 0 saturated carbocycles. The molecule has 0 spiro atoms. The molecule has 0 unspecified atom stereocenters. The summed E-state index contributed by atoms with van der Waals surface area (Å²) in [6, 6.07) is 19.5. The Morgan fingerprint density at radius 3 is 1.89 bits per heavy atom. The van der Waals surface area contributed by atoms with Crippen molar-refractivity contribution in [2.75, 3.05) is 12.4 Å². The Morgan fingerprint density at radius 2 is 1.39 bits per heavy atom. The maximum Gasteiger partial charge on any atom is 0.326 e. The van der Waals surface area contributed by atoms with Crippen molar-refractivity contribution >= 4 is 62.7 Å². The number of benzene rings is 4. The first-order chi connectivity index (χ1) is 20.7. The van der Waals surface area contributed by atoms with Crippen molar-refractivity contribution in [2.45, 2.75) is 23.8 Å². The van der Waals surface area contributed by atoms with E-state index in [1.165, 1.54) is 54.6 Å². The number of halogens is 2. The van der Waals surface area contributed by atoms with Crippen molar-refractivity contribution in [3.8, 4) is 11.5 Å². The van der Waals surface area contributed by atoms with E-state index in [0.717, 1.165) is 6.26 Å². The lowest BCUT2D eigenvalue weighted by Gasteiger charge is -2.20. The number of hydrogen-bond donors (Lipinski definition) is 4. The van der Waals surface area contributed by atoms with Gasteiger partial charge >= 0.3 is 5.97 Å². The van der Waals surface area contributed by atoms with E-state index < -0.39 is 34.9 Å². The fraction of sp³-hybridized carbons (Fsp3) is 0.161. The first-order valence-electron chi connectivity index (χ1n) is 13.2. The van der Waals surface area contributed by atoms with E-state index in [1.807, 2.05) is 0 Å². The minimum Gasteiger partial charge on any atom is -0.508 e. The zero-order valence-corrected chi connectivity index (χ0v) is 26.5. The van der Waals surface area contributed by atoms with Crippen LogP contribution in [0.4, 0.5) is 0 Å². The van der Waals surface area contributed by atoms with Crippen molar-refractivity contribution in [3.05, 3.63) is 112 Å². The first kappa shape index (κ1) is 33.1. The first-order valence-corrected chi connectivity index (χ1v) is 17.7. The third-order valence-corrected chi connectivity index (χ3v) is 11.7. The number of aryl methyl sites for hydroxylation is 1. The average molecular weight is 677 g/mol. The van der Waals surface area contributed by atoms with E-state index in [-0.39, 0.29) is 51.0 Å². The zero-order valence-electron chi connectivity index (χ0n) is 23.3. The van der Waals surface area contributed by atoms with Crippen LogP contribution in [0.1, 0.15) is 21.5 Å². The van der Waals surface area contributed by atoms with Crippen molar-refractivity contribution in [1.29, 1.82) is 0 Å². The lowest BCUT2D eigenvalue weighted by atomic mass is 10.0. The minimum atomic E-state index is -3.52. The number of phenols is 2. The van der Waals surface area contributed by atoms with Crippen molar-refractivity contribution < 1.29 is 37.9 Å². The van der Waals surface area contributed by atoms with Crippen LogP contribution in [0, 0.1) is 0 Å². The highest BCUT2D eigenvalue weighted by Gasteiger charge is 2.29. The van der Waals surface area contributed by atoms with Gasteiger partial charge in [0.1, 0.15) is 24.7 Å². The van der Waals surface area contributed by atoms with Gasteiger partial charge in [0.25, 0.3) is 5.91 Å². The number of phenolic OH excluding ortho intramolecular Hbond substituents is 2. The number of carboxylic acid groups (broad SMARTS) is 1. The molecule has 0 fully saturated rings. The van der Waals surface area contributed by atoms with Crippen LogP contribution in [0.5, 0.6) is 11.5 Å². The van der Waals surface area contributed by atoms with E-state index in [9.17, 15) is 37.9 Å². The summed E-state index contributed by atoms with van der Waals surface area (Å²) in [6.07, 6.45) is 1.11. The molecule has 0 aromatic heterocycles. The molecule has 44 heavy (non-hydrogen) atoms. The highest BCUT2D eigenvalue weighted by atomic mass is 35.5. The van der Waals surface area contributed by atoms with Crippen LogP contribution in [-0.2, 0) is 32.0 Å². The van der Waals surface area contributed by atoms with Crippen LogP contribution in [0.2, 0.25) is 10.0 Å². The van der Waals surface area contributed by atoms with Gasteiger partial charge in [-0.15, -0.1) is 0 Å². The summed E-state index contributed by atoms with van der Waals surface area (Å²) in [6.45, 7) is 0. The van der Waals surface area contributed by atoms with Crippen molar-refractivity contribution in [2.24, 2.45) is 0 Å². The topological polar surface area (TPSA) is 158 Å². The summed E-state index contributed by atoms with van der Waals surface area (Å²) >= 11 is 12.9. The molecule has 1 amide bonds. The van der Waals surface area contributed by atoms with Crippen molar-refractivity contribution in [1.82, 2.24) is 5.32 Å². The van der Waals surface area contributed by atoms with Crippen LogP contribution < -0.4 is 15.9 Å². The molecule has 4 aromatic rings. The molecule has 0 aliphatic rings. The van der Waals surface area contributed by atoms with Crippen LogP contribution in [0.25, 0.3) is 0 Å². The van der Waals surface area contributed by atoms with Gasteiger partial charge in [-0.2, -0.15) is 0 Å². The number of aliphatic carboxylic acids is 1. The molecule has 0 radical (unpaired) electrons. The standard InChI is InChI=1S/C31H28Cl2NO8PS/c1-44(41,42)25-10-2-5-19(13-25)16-28(31(38)39)34-30(37)29-26(32)14-20(15-27(29)33)11-12-43(40,23-8-3-6-21(35)17-23)24-9-4-7-22(36)18-24/h2-10,13-15,17-18,28,35-36H,11-12,16H2,1H3,(H,34,37)(H,38,39)/t28-/m0/s1. The van der Waals surface area contributed by atoms with Crippen LogP contribution >= 0.6 is 30.3 Å². The summed E-state index contributed by atoms with van der Waals surface area (Å²) in [7, 11) is -6.89. The SMILES string of the molecule is CS(=O)(=O)c1cccc(C[C@H](NC(=O)c2c(Cl)cc(CCP(=O)(c3cccc(O)c3)c3cccc(O)c3)cc2Cl)C(=O)O)c1. The van der Waals surface area contributed by atoms with Crippen LogP contribution in [0.15, 0.2) is 89.8 Å². The number of carbonyl (C=O) groups is 2. The lowest BCUT2D eigenvalue weighted by Crippen LogP contribution is -2.42. The number of sulfone groups is 1. The summed E-state index contributed by atoms with van der Waals surface area (Å²) < 4.78 is 38.2. The summed E-state index contributed by atoms with van der Waals surface area (Å²) in [5.41, 5.74) is 0.776. The van der Waals surface area contributed by atoms with E-state index in [2.05, 4.69) is 5.32 Å². The van der Waals surface area contributed by atoms with Gasteiger partial charge in [-0.05, 0) is 66.1 Å². The van der Waals surface area contributed by atoms with E-state index >= 15 is 0 Å². The number of amides is 1. The second kappa shape index (κ2) is 13.4. The Kier molecular flexibility index (Phi) is 10.1. The lowest BCUT2D eigenvalue weighted by molar-refractivity contribution is -0.139. The number of carbonyl (C=O) groups excluding carboxylic acids is 1. The maximum absolute atomic E-state index is 14.4. The molecule has 4 aromatic carbocycles. The molecule has 0 aliphatic heterocycles. The Balaban J connectivity index is 1.56. The highest BCUT2D eigenvalue weighted by Crippen LogP contribution is 2.45. The van der Waals surface area contributed by atoms with Crippen LogP contribution in [-0.4, -0.2) is 54.1 Å². The Hall–Kier alpha value is -3.82. The minimum absolute atomic E-state index is 0.0184. The average Bonchev–Trinajstić information content (AvgIpc) is 2.95. The molecule has 9 nitrogen and oxygen atoms in total. The second-order valence-electron chi connectivity index (χ2n) is 10.2. The normalized spacial score (nSPS) is 12.4. The van der Waals surface area contributed by atoms with Gasteiger partial charge in [-0.25, -0.2) is 13.2 Å². The molecule has 0 aliphatic carbocycles.